The van der Waals surface area contributed by atoms with Gasteiger partial charge in [0.15, 0.2) is 8.32 Å². The van der Waals surface area contributed by atoms with Crippen LogP contribution < -0.4 is 0 Å². The van der Waals surface area contributed by atoms with Crippen molar-refractivity contribution in [3.05, 3.63) is 0 Å². The zero-order valence-corrected chi connectivity index (χ0v) is 22.3. The Kier molecular flexibility index (Phi) is 11.3. The quantitative estimate of drug-likeness (QED) is 0.238. The van der Waals surface area contributed by atoms with Gasteiger partial charge in [0, 0.05) is 11.8 Å². The summed E-state index contributed by atoms with van der Waals surface area (Å²) in [6.45, 7) is 27.1. The van der Waals surface area contributed by atoms with Crippen molar-refractivity contribution in [2.24, 2.45) is 11.8 Å². The number of hydrogen-bond donors (Lipinski definition) is 0. The van der Waals surface area contributed by atoms with Gasteiger partial charge in [-0.1, -0.05) is 68.7 Å². The molecule has 0 saturated heterocycles. The van der Waals surface area contributed by atoms with E-state index in [1.165, 1.54) is 0 Å². The van der Waals surface area contributed by atoms with E-state index in [-0.39, 0.29) is 24.0 Å². The highest BCUT2D eigenvalue weighted by molar-refractivity contribution is 6.77. The minimum atomic E-state index is -1.97. The average Bonchev–Trinajstić information content (AvgIpc) is 2.53. The molecule has 0 aliphatic heterocycles. The van der Waals surface area contributed by atoms with Gasteiger partial charge < -0.3 is 13.6 Å². The molecule has 4 atom stereocenters. The van der Waals surface area contributed by atoms with Crippen molar-refractivity contribution in [1.29, 1.82) is 0 Å². The van der Waals surface area contributed by atoms with Crippen LogP contribution in [0.1, 0.15) is 75.2 Å². The van der Waals surface area contributed by atoms with Crippen LogP contribution >= 0.6 is 0 Å². The molecule has 0 saturated carbocycles. The lowest BCUT2D eigenvalue weighted by molar-refractivity contribution is -0.115. The van der Waals surface area contributed by atoms with E-state index in [0.717, 1.165) is 19.1 Å². The van der Waals surface area contributed by atoms with Gasteiger partial charge in [0.05, 0.1) is 12.2 Å². The SMILES string of the molecule is CCC[C@@H](O[Si](C(C)C)(C(C)C)C(C)C)[C@H](C)[C@H](O[Si](C)(C)C)[C@@H](C)C=O. The summed E-state index contributed by atoms with van der Waals surface area (Å²) in [7, 11) is -3.73. The van der Waals surface area contributed by atoms with Crippen molar-refractivity contribution in [3.8, 4) is 0 Å². The predicted molar refractivity (Wildman–Crippen MR) is 123 cm³/mol. The molecule has 0 amide bonds. The van der Waals surface area contributed by atoms with Gasteiger partial charge in [-0.25, -0.2) is 0 Å². The molecule has 0 rings (SSSR count). The fourth-order valence-corrected chi connectivity index (χ4v) is 11.7. The first-order chi connectivity index (χ1) is 12.2. The molecule has 162 valence electrons. The number of carbonyl (C=O) groups is 1. The van der Waals surface area contributed by atoms with E-state index >= 15 is 0 Å². The highest BCUT2D eigenvalue weighted by Crippen LogP contribution is 2.44. The molecule has 0 aliphatic rings. The molecule has 0 bridgehead atoms. The van der Waals surface area contributed by atoms with Gasteiger partial charge in [-0.2, -0.15) is 0 Å². The minimum absolute atomic E-state index is 0.0658. The normalized spacial score (nSPS) is 18.0. The fraction of sp³-hybridized carbons (Fsp3) is 0.955. The maximum Gasteiger partial charge on any atom is 0.200 e. The Morgan fingerprint density at radius 2 is 1.26 bits per heavy atom. The van der Waals surface area contributed by atoms with Crippen LogP contribution in [0.4, 0.5) is 0 Å². The summed E-state index contributed by atoms with van der Waals surface area (Å²) in [5.74, 6) is 0.0999. The van der Waals surface area contributed by atoms with E-state index in [9.17, 15) is 4.79 Å². The van der Waals surface area contributed by atoms with Crippen LogP contribution in [-0.2, 0) is 13.6 Å². The standard InChI is InChI=1S/C22H48O3Si2/c1-13-14-21(24-27(16(2)3,17(4)5)18(6)7)20(9)22(19(8)15-23)25-26(10,11)12/h15-22H,13-14H2,1-12H3/t19-,20-,21+,22+/m0/s1. The van der Waals surface area contributed by atoms with Gasteiger partial charge >= 0.3 is 0 Å². The lowest BCUT2D eigenvalue weighted by Crippen LogP contribution is -2.53. The molecule has 0 heterocycles. The third-order valence-electron chi connectivity index (χ3n) is 5.96. The zero-order valence-electron chi connectivity index (χ0n) is 20.3. The van der Waals surface area contributed by atoms with E-state index in [4.69, 9.17) is 8.85 Å². The number of aldehydes is 1. The summed E-state index contributed by atoms with van der Waals surface area (Å²) in [5, 5.41) is 0. The Morgan fingerprint density at radius 3 is 1.56 bits per heavy atom. The Labute approximate surface area is 172 Å². The van der Waals surface area contributed by atoms with Crippen LogP contribution in [-0.4, -0.2) is 35.1 Å². The molecule has 0 fully saturated rings. The number of hydrogen-bond acceptors (Lipinski definition) is 3. The molecule has 0 aromatic rings. The Bertz CT molecular complexity index is 408. The van der Waals surface area contributed by atoms with Crippen LogP contribution in [0.5, 0.6) is 0 Å². The van der Waals surface area contributed by atoms with Crippen molar-refractivity contribution in [3.63, 3.8) is 0 Å². The highest BCUT2D eigenvalue weighted by atomic mass is 28.4. The van der Waals surface area contributed by atoms with Gasteiger partial charge in [0.2, 0.25) is 8.32 Å². The summed E-state index contributed by atoms with van der Waals surface area (Å²) in [6.07, 6.45) is 3.26. The van der Waals surface area contributed by atoms with Crippen molar-refractivity contribution in [1.82, 2.24) is 0 Å². The Morgan fingerprint density at radius 1 is 0.815 bits per heavy atom. The van der Waals surface area contributed by atoms with Crippen LogP contribution in [0, 0.1) is 11.8 Å². The highest BCUT2D eigenvalue weighted by Gasteiger charge is 2.48. The predicted octanol–water partition coefficient (Wildman–Crippen LogP) is 7.04. The van der Waals surface area contributed by atoms with Crippen molar-refractivity contribution >= 4 is 22.9 Å². The second-order valence-electron chi connectivity index (χ2n) is 10.3. The minimum Gasteiger partial charge on any atom is -0.414 e. The summed E-state index contributed by atoms with van der Waals surface area (Å²) in [4.78, 5) is 11.6. The molecule has 0 aromatic carbocycles. The van der Waals surface area contributed by atoms with Crippen molar-refractivity contribution in [2.75, 3.05) is 0 Å². The molecule has 0 spiro atoms. The van der Waals surface area contributed by atoms with Crippen molar-refractivity contribution < 1.29 is 13.6 Å². The zero-order chi connectivity index (χ0) is 21.6. The van der Waals surface area contributed by atoms with Gasteiger partial charge in [0.25, 0.3) is 0 Å². The molecule has 0 aromatic heterocycles. The molecule has 0 unspecified atom stereocenters. The average molecular weight is 417 g/mol. The van der Waals surface area contributed by atoms with Gasteiger partial charge in [0.1, 0.15) is 6.29 Å². The van der Waals surface area contributed by atoms with Crippen LogP contribution in [0.3, 0.4) is 0 Å². The monoisotopic (exact) mass is 416 g/mol. The first-order valence-corrected chi connectivity index (χ1v) is 16.6. The summed E-state index contributed by atoms with van der Waals surface area (Å²) in [5.41, 5.74) is 1.68. The number of carbonyl (C=O) groups excluding carboxylic acids is 1. The van der Waals surface area contributed by atoms with Crippen LogP contribution in [0.15, 0.2) is 0 Å². The second kappa shape index (κ2) is 11.3. The van der Waals surface area contributed by atoms with Gasteiger partial charge in [-0.15, -0.1) is 0 Å². The maximum absolute atomic E-state index is 11.6. The third-order valence-corrected chi connectivity index (χ3v) is 13.1. The lowest BCUT2D eigenvalue weighted by Gasteiger charge is -2.47. The molecule has 0 N–H and O–H groups in total. The van der Waals surface area contributed by atoms with Crippen LogP contribution in [0.2, 0.25) is 36.3 Å². The van der Waals surface area contributed by atoms with E-state index in [0.29, 0.717) is 16.6 Å². The molecular weight excluding hydrogens is 368 g/mol. The molecule has 0 aliphatic carbocycles. The van der Waals surface area contributed by atoms with E-state index in [1.807, 2.05) is 6.92 Å². The van der Waals surface area contributed by atoms with E-state index in [1.54, 1.807) is 0 Å². The van der Waals surface area contributed by atoms with E-state index < -0.39 is 16.6 Å². The van der Waals surface area contributed by atoms with Gasteiger partial charge in [-0.3, -0.25) is 0 Å². The molecular formula is C22H48O3Si2. The topological polar surface area (TPSA) is 35.5 Å². The van der Waals surface area contributed by atoms with Crippen molar-refractivity contribution in [2.45, 2.75) is 124 Å². The van der Waals surface area contributed by atoms with E-state index in [2.05, 4.69) is 75.0 Å². The third kappa shape index (κ3) is 7.41. The maximum atomic E-state index is 11.6. The molecule has 3 nitrogen and oxygen atoms in total. The largest absolute Gasteiger partial charge is 0.414 e. The smallest absolute Gasteiger partial charge is 0.200 e. The lowest BCUT2D eigenvalue weighted by atomic mass is 9.88. The van der Waals surface area contributed by atoms with Gasteiger partial charge in [-0.05, 0) is 42.7 Å². The number of rotatable bonds is 13. The first-order valence-electron chi connectivity index (χ1n) is 11.0. The van der Waals surface area contributed by atoms with Crippen LogP contribution in [0.25, 0.3) is 0 Å². The summed E-state index contributed by atoms with van der Waals surface area (Å²) >= 11 is 0. The second-order valence-corrected chi connectivity index (χ2v) is 20.2. The fourth-order valence-electron chi connectivity index (χ4n) is 4.77. The summed E-state index contributed by atoms with van der Waals surface area (Å²) in [6, 6.07) is 0. The molecule has 27 heavy (non-hydrogen) atoms. The molecule has 5 heteroatoms. The first kappa shape index (κ1) is 27.0. The Hall–Kier alpha value is 0.0238. The summed E-state index contributed by atoms with van der Waals surface area (Å²) < 4.78 is 13.7. The molecule has 0 radical (unpaired) electrons. The Balaban J connectivity index is 5.92.